The summed E-state index contributed by atoms with van der Waals surface area (Å²) >= 11 is 0. The van der Waals surface area contributed by atoms with Crippen LogP contribution in [0.15, 0.2) is 48.6 Å². The number of allylic oxidation sites excluding steroid dienone is 7. The van der Waals surface area contributed by atoms with Crippen molar-refractivity contribution >= 4 is 11.9 Å². The summed E-state index contributed by atoms with van der Waals surface area (Å²) in [6, 6.07) is -0.825. The SMILES string of the molecule is CCCCCC/C=C/CC/C=C/C(O)C(COC1OC(CO)C(O)C(O)C1O)NC(=O)CCCCCCCCCCCCCCCCCCC/C=C\C/C=C\CCCCCCCCCCCCCOC(=O)CCCCCCCCCCCCCCCCC. The van der Waals surface area contributed by atoms with Crippen LogP contribution in [0, 0.1) is 0 Å². The molecule has 0 aromatic carbocycles. The molecule has 1 rings (SSSR count). The Balaban J connectivity index is 1.90. The minimum atomic E-state index is -1.58. The average Bonchev–Trinajstić information content (AvgIpc) is 1.96. The molecular formula is C77H143NO10. The summed E-state index contributed by atoms with van der Waals surface area (Å²) in [7, 11) is 0. The monoisotopic (exact) mass is 1240 g/mol. The Hall–Kier alpha value is -2.38. The van der Waals surface area contributed by atoms with E-state index in [2.05, 4.69) is 55.6 Å². The molecule has 516 valence electrons. The molecular weight excluding hydrogens is 1100 g/mol. The molecule has 1 aliphatic heterocycles. The smallest absolute Gasteiger partial charge is 0.305 e. The van der Waals surface area contributed by atoms with Gasteiger partial charge in [0, 0.05) is 12.8 Å². The van der Waals surface area contributed by atoms with Crippen molar-refractivity contribution in [3.8, 4) is 0 Å². The second kappa shape index (κ2) is 66.1. The summed E-state index contributed by atoms with van der Waals surface area (Å²) in [5, 5.41) is 54.3. The molecule has 6 N–H and O–H groups in total. The first-order valence-corrected chi connectivity index (χ1v) is 37.9. The van der Waals surface area contributed by atoms with E-state index >= 15 is 0 Å². The van der Waals surface area contributed by atoms with Crippen LogP contribution in [0.1, 0.15) is 367 Å². The van der Waals surface area contributed by atoms with E-state index < -0.39 is 49.5 Å². The quantitative estimate of drug-likeness (QED) is 0.0195. The number of nitrogens with one attached hydrogen (secondary N) is 1. The van der Waals surface area contributed by atoms with Gasteiger partial charge in [-0.2, -0.15) is 0 Å². The first-order valence-electron chi connectivity index (χ1n) is 37.9. The maximum Gasteiger partial charge on any atom is 0.305 e. The Morgan fingerprint density at radius 2 is 0.773 bits per heavy atom. The summed E-state index contributed by atoms with van der Waals surface area (Å²) < 4.78 is 16.7. The third-order valence-corrected chi connectivity index (χ3v) is 17.9. The lowest BCUT2D eigenvalue weighted by molar-refractivity contribution is -0.302. The van der Waals surface area contributed by atoms with E-state index in [1.54, 1.807) is 6.08 Å². The molecule has 7 atom stereocenters. The molecule has 7 unspecified atom stereocenters. The van der Waals surface area contributed by atoms with E-state index in [9.17, 15) is 35.1 Å². The minimum Gasteiger partial charge on any atom is -0.466 e. The van der Waals surface area contributed by atoms with Gasteiger partial charge in [-0.15, -0.1) is 0 Å². The van der Waals surface area contributed by atoms with Gasteiger partial charge in [0.1, 0.15) is 24.4 Å². The van der Waals surface area contributed by atoms with Gasteiger partial charge in [0.2, 0.25) is 5.91 Å². The van der Waals surface area contributed by atoms with Crippen LogP contribution >= 0.6 is 0 Å². The van der Waals surface area contributed by atoms with Gasteiger partial charge in [0.25, 0.3) is 0 Å². The van der Waals surface area contributed by atoms with Crippen molar-refractivity contribution in [2.75, 3.05) is 19.8 Å². The lowest BCUT2D eigenvalue weighted by atomic mass is 9.99. The molecule has 1 saturated heterocycles. The van der Waals surface area contributed by atoms with Crippen LogP contribution in [-0.2, 0) is 23.8 Å². The average molecular weight is 1240 g/mol. The Labute approximate surface area is 542 Å². The Morgan fingerprint density at radius 3 is 1.20 bits per heavy atom. The van der Waals surface area contributed by atoms with Crippen molar-refractivity contribution < 1.29 is 49.3 Å². The van der Waals surface area contributed by atoms with Gasteiger partial charge in [-0.25, -0.2) is 0 Å². The van der Waals surface area contributed by atoms with Crippen LogP contribution in [0.5, 0.6) is 0 Å². The van der Waals surface area contributed by atoms with E-state index in [1.807, 2.05) is 6.08 Å². The van der Waals surface area contributed by atoms with Crippen LogP contribution < -0.4 is 5.32 Å². The third kappa shape index (κ3) is 54.2. The number of rotatable bonds is 67. The molecule has 0 aromatic heterocycles. The summed E-state index contributed by atoms with van der Waals surface area (Å²) in [6.07, 6.45) is 77.2. The zero-order chi connectivity index (χ0) is 63.7. The highest BCUT2D eigenvalue weighted by atomic mass is 16.7. The van der Waals surface area contributed by atoms with E-state index in [-0.39, 0.29) is 18.5 Å². The highest BCUT2D eigenvalue weighted by Gasteiger charge is 2.44. The molecule has 11 heteroatoms. The number of hydrogen-bond acceptors (Lipinski definition) is 10. The summed E-state index contributed by atoms with van der Waals surface area (Å²) in [6.45, 7) is 4.33. The Morgan fingerprint density at radius 1 is 0.420 bits per heavy atom. The summed E-state index contributed by atoms with van der Waals surface area (Å²) in [5.74, 6) is -0.177. The van der Waals surface area contributed by atoms with Crippen LogP contribution in [0.25, 0.3) is 0 Å². The maximum absolute atomic E-state index is 13.0. The second-order valence-electron chi connectivity index (χ2n) is 26.3. The first kappa shape index (κ1) is 83.6. The van der Waals surface area contributed by atoms with Gasteiger partial charge in [-0.05, 0) is 77.0 Å². The fraction of sp³-hybridized carbons (Fsp3) is 0.870. The molecule has 1 amide bonds. The highest BCUT2D eigenvalue weighted by Crippen LogP contribution is 2.23. The zero-order valence-electron chi connectivity index (χ0n) is 57.4. The van der Waals surface area contributed by atoms with Crippen molar-refractivity contribution in [1.29, 1.82) is 0 Å². The Bertz CT molecular complexity index is 1600. The topological polar surface area (TPSA) is 175 Å². The van der Waals surface area contributed by atoms with E-state index in [1.165, 1.54) is 283 Å². The maximum atomic E-state index is 13.0. The van der Waals surface area contributed by atoms with E-state index in [0.717, 1.165) is 57.8 Å². The van der Waals surface area contributed by atoms with E-state index in [4.69, 9.17) is 14.2 Å². The van der Waals surface area contributed by atoms with Crippen molar-refractivity contribution in [1.82, 2.24) is 5.32 Å². The number of hydrogen-bond donors (Lipinski definition) is 6. The number of aliphatic hydroxyl groups is 5. The van der Waals surface area contributed by atoms with Crippen LogP contribution in [0.2, 0.25) is 0 Å². The molecule has 0 aromatic rings. The fourth-order valence-corrected chi connectivity index (χ4v) is 12.0. The number of esters is 1. The van der Waals surface area contributed by atoms with Gasteiger partial charge in [0.05, 0.1) is 32.0 Å². The van der Waals surface area contributed by atoms with Crippen molar-refractivity contribution in [3.63, 3.8) is 0 Å². The van der Waals surface area contributed by atoms with Crippen molar-refractivity contribution in [2.24, 2.45) is 0 Å². The number of carbonyl (C=O) groups is 2. The van der Waals surface area contributed by atoms with Crippen molar-refractivity contribution in [3.05, 3.63) is 48.6 Å². The predicted octanol–water partition coefficient (Wildman–Crippen LogP) is 19.9. The van der Waals surface area contributed by atoms with Gasteiger partial charge < -0.3 is 45.1 Å². The Kier molecular flexibility index (Phi) is 62.8. The molecule has 0 spiro atoms. The first-order chi connectivity index (χ1) is 43.2. The standard InChI is InChI=1S/C77H143NO10/c1-3-5-7-9-11-13-15-16-38-42-45-49-53-57-61-65-73(82)86-66-62-58-54-50-46-43-40-37-35-33-31-29-27-25-23-21-19-17-18-20-22-24-26-28-30-32-34-36-39-41-44-48-52-56-60-64-72(81)78-69(68-87-77-76(85)75(84)74(83)71(67-79)88-77)70(80)63-59-55-51-47-14-12-10-8-6-4-2/h14,19,21,25,27,47,59,63,69-71,74-77,79-80,83-85H,3-13,15-18,20,22-24,26,28-46,48-58,60-62,64-68H2,1-2H3,(H,78,81)/b21-19-,27-25-,47-14+,63-59+. The fourth-order valence-electron chi connectivity index (χ4n) is 12.0. The summed E-state index contributed by atoms with van der Waals surface area (Å²) in [4.78, 5) is 25.1. The highest BCUT2D eigenvalue weighted by molar-refractivity contribution is 5.76. The minimum absolute atomic E-state index is 0.0131. The molecule has 88 heavy (non-hydrogen) atoms. The molecule has 0 saturated carbocycles. The van der Waals surface area contributed by atoms with Gasteiger partial charge in [-0.1, -0.05) is 326 Å². The summed E-state index contributed by atoms with van der Waals surface area (Å²) in [5.41, 5.74) is 0. The largest absolute Gasteiger partial charge is 0.466 e. The molecule has 0 bridgehead atoms. The van der Waals surface area contributed by atoms with Crippen molar-refractivity contribution in [2.45, 2.75) is 410 Å². The molecule has 1 heterocycles. The van der Waals surface area contributed by atoms with Crippen LogP contribution in [0.3, 0.4) is 0 Å². The van der Waals surface area contributed by atoms with Crippen LogP contribution in [0.4, 0.5) is 0 Å². The normalized spacial score (nSPS) is 18.0. The number of unbranched alkanes of at least 4 members (excludes halogenated alkanes) is 47. The number of carbonyl (C=O) groups excluding carboxylic acids is 2. The molecule has 11 nitrogen and oxygen atoms in total. The molecule has 0 aliphatic carbocycles. The molecule has 1 aliphatic rings. The lowest BCUT2D eigenvalue weighted by Gasteiger charge is -2.40. The lowest BCUT2D eigenvalue weighted by Crippen LogP contribution is -2.60. The van der Waals surface area contributed by atoms with Gasteiger partial charge >= 0.3 is 5.97 Å². The van der Waals surface area contributed by atoms with Gasteiger partial charge in [-0.3, -0.25) is 9.59 Å². The van der Waals surface area contributed by atoms with Gasteiger partial charge in [0.15, 0.2) is 6.29 Å². The zero-order valence-corrected chi connectivity index (χ0v) is 57.4. The number of aliphatic hydroxyl groups excluding tert-OH is 5. The third-order valence-electron chi connectivity index (χ3n) is 17.9. The van der Waals surface area contributed by atoms with Crippen LogP contribution in [-0.4, -0.2) is 100 Å². The molecule has 1 fully saturated rings. The number of amides is 1. The second-order valence-corrected chi connectivity index (χ2v) is 26.3. The predicted molar refractivity (Wildman–Crippen MR) is 370 cm³/mol. The molecule has 0 radical (unpaired) electrons. The number of ether oxygens (including phenoxy) is 3. The van der Waals surface area contributed by atoms with E-state index in [0.29, 0.717) is 19.4 Å².